The predicted molar refractivity (Wildman–Crippen MR) is 124 cm³/mol. The van der Waals surface area contributed by atoms with Crippen molar-refractivity contribution in [1.82, 2.24) is 25.4 Å². The summed E-state index contributed by atoms with van der Waals surface area (Å²) in [5.74, 6) is -2.13. The topological polar surface area (TPSA) is 115 Å². The minimum absolute atomic E-state index is 0.157. The molecule has 4 aliphatic rings. The molecule has 180 valence electrons. The third-order valence-corrected chi connectivity index (χ3v) is 7.46. The quantitative estimate of drug-likeness (QED) is 0.407. The number of dihydropyridines is 1. The molecule has 0 radical (unpaired) electrons. The number of fused-ring (bicyclic) bond motifs is 1. The summed E-state index contributed by atoms with van der Waals surface area (Å²) < 4.78 is 0. The van der Waals surface area contributed by atoms with Gasteiger partial charge < -0.3 is 10.4 Å². The number of allylic oxidation sites excluding steroid dienone is 3. The molecule has 5 heterocycles. The van der Waals surface area contributed by atoms with Crippen LogP contribution in [0, 0.1) is 5.92 Å². The zero-order valence-electron chi connectivity index (χ0n) is 19.2. The number of pyridine rings is 1. The van der Waals surface area contributed by atoms with Crippen molar-refractivity contribution in [2.24, 2.45) is 5.92 Å². The van der Waals surface area contributed by atoms with Crippen LogP contribution in [0.1, 0.15) is 43.6 Å². The first-order valence-electron chi connectivity index (χ1n) is 12.1. The van der Waals surface area contributed by atoms with Crippen molar-refractivity contribution in [2.75, 3.05) is 26.2 Å². The average molecular weight is 466 g/mol. The second-order valence-electron chi connectivity index (χ2n) is 9.62. The maximum atomic E-state index is 12.8. The van der Waals surface area contributed by atoms with Gasteiger partial charge in [0, 0.05) is 24.6 Å². The normalized spacial score (nSPS) is 25.1. The SMILES string of the molecule is O=C(O)[C@H](CN1C(=O)C(N2CCC(CC3=CC=C4CCCNC4N3)CC2)C1=O)c1cccnc1. The molecule has 1 aromatic heterocycles. The van der Waals surface area contributed by atoms with Crippen molar-refractivity contribution in [3.8, 4) is 0 Å². The summed E-state index contributed by atoms with van der Waals surface area (Å²) in [5.41, 5.74) is 3.15. The molecule has 34 heavy (non-hydrogen) atoms. The molecular formula is C25H31N5O4. The molecule has 3 fully saturated rings. The Morgan fingerprint density at radius 1 is 1.21 bits per heavy atom. The summed E-state index contributed by atoms with van der Waals surface area (Å²) in [6.45, 7) is 2.27. The van der Waals surface area contributed by atoms with Crippen molar-refractivity contribution < 1.29 is 19.5 Å². The maximum Gasteiger partial charge on any atom is 0.312 e. The molecule has 1 unspecified atom stereocenters. The minimum Gasteiger partial charge on any atom is -0.481 e. The average Bonchev–Trinajstić information content (AvgIpc) is 2.86. The highest BCUT2D eigenvalue weighted by Gasteiger charge is 2.51. The Hall–Kier alpha value is -3.04. The zero-order chi connectivity index (χ0) is 23.7. The molecule has 0 saturated carbocycles. The van der Waals surface area contributed by atoms with Gasteiger partial charge in [-0.25, -0.2) is 0 Å². The van der Waals surface area contributed by atoms with Crippen LogP contribution >= 0.6 is 0 Å². The summed E-state index contributed by atoms with van der Waals surface area (Å²) >= 11 is 0. The van der Waals surface area contributed by atoms with E-state index >= 15 is 0 Å². The number of hydrogen-bond donors (Lipinski definition) is 3. The molecule has 0 bridgehead atoms. The van der Waals surface area contributed by atoms with Crippen LogP contribution in [0.25, 0.3) is 0 Å². The second-order valence-corrected chi connectivity index (χ2v) is 9.62. The molecular weight excluding hydrogens is 434 g/mol. The van der Waals surface area contributed by atoms with Crippen LogP contribution in [0.2, 0.25) is 0 Å². The van der Waals surface area contributed by atoms with Crippen molar-refractivity contribution in [3.63, 3.8) is 0 Å². The smallest absolute Gasteiger partial charge is 0.312 e. The van der Waals surface area contributed by atoms with Crippen LogP contribution in [-0.2, 0) is 14.4 Å². The van der Waals surface area contributed by atoms with E-state index in [9.17, 15) is 19.5 Å². The Balaban J connectivity index is 1.13. The van der Waals surface area contributed by atoms with E-state index in [2.05, 4.69) is 27.8 Å². The van der Waals surface area contributed by atoms with Crippen LogP contribution < -0.4 is 10.6 Å². The number of nitrogens with one attached hydrogen (secondary N) is 2. The fourth-order valence-corrected chi connectivity index (χ4v) is 5.46. The predicted octanol–water partition coefficient (Wildman–Crippen LogP) is 1.21. The van der Waals surface area contributed by atoms with Gasteiger partial charge in [-0.3, -0.25) is 34.5 Å². The first kappa shape index (κ1) is 22.7. The molecule has 3 saturated heterocycles. The van der Waals surface area contributed by atoms with Gasteiger partial charge in [-0.05, 0) is 80.9 Å². The van der Waals surface area contributed by atoms with Crippen molar-refractivity contribution in [3.05, 3.63) is 53.5 Å². The summed E-state index contributed by atoms with van der Waals surface area (Å²) in [4.78, 5) is 44.4. The minimum atomic E-state index is -1.08. The lowest BCUT2D eigenvalue weighted by molar-refractivity contribution is -0.169. The van der Waals surface area contributed by atoms with E-state index in [1.807, 2.05) is 4.90 Å². The molecule has 2 amide bonds. The lowest BCUT2D eigenvalue weighted by atomic mass is 9.88. The number of piperidine rings is 2. The van der Waals surface area contributed by atoms with Crippen LogP contribution in [-0.4, -0.2) is 76.1 Å². The number of nitrogens with zero attached hydrogens (tertiary/aromatic N) is 3. The van der Waals surface area contributed by atoms with Gasteiger partial charge in [0.2, 0.25) is 0 Å². The molecule has 4 aliphatic heterocycles. The van der Waals surface area contributed by atoms with Gasteiger partial charge in [-0.15, -0.1) is 0 Å². The first-order chi connectivity index (χ1) is 16.5. The number of likely N-dealkylation sites (tertiary alicyclic amines) is 2. The summed E-state index contributed by atoms with van der Waals surface area (Å²) in [6.07, 6.45) is 12.9. The molecule has 0 spiro atoms. The maximum absolute atomic E-state index is 12.8. The standard InChI is InChI=1S/C25H31N5O4/c31-23-21(24(32)30(23)15-20(25(33)34)18-4-1-9-26-14-18)29-11-7-16(8-12-29)13-19-6-5-17-3-2-10-27-22(17)28-19/h1,4-6,9,14,16,20-22,27-28H,2-3,7-8,10-13,15H2,(H,33,34)/t20-,22?/m1/s1. The van der Waals surface area contributed by atoms with E-state index in [0.717, 1.165) is 37.1 Å². The van der Waals surface area contributed by atoms with Gasteiger partial charge in [0.05, 0.1) is 6.17 Å². The Morgan fingerprint density at radius 2 is 2.00 bits per heavy atom. The number of carbonyl (C=O) groups excluding carboxylic acids is 2. The molecule has 3 N–H and O–H groups in total. The molecule has 1 aromatic rings. The molecule has 9 heteroatoms. The second kappa shape index (κ2) is 9.68. The van der Waals surface area contributed by atoms with Gasteiger partial charge in [0.15, 0.2) is 6.04 Å². The van der Waals surface area contributed by atoms with E-state index in [-0.39, 0.29) is 24.5 Å². The fourth-order valence-electron chi connectivity index (χ4n) is 5.46. The molecule has 9 nitrogen and oxygen atoms in total. The molecule has 5 rings (SSSR count). The van der Waals surface area contributed by atoms with Gasteiger partial charge in [0.1, 0.15) is 5.92 Å². The molecule has 0 aromatic carbocycles. The van der Waals surface area contributed by atoms with E-state index < -0.39 is 17.9 Å². The monoisotopic (exact) mass is 465 g/mol. The van der Waals surface area contributed by atoms with E-state index in [1.165, 1.54) is 23.9 Å². The van der Waals surface area contributed by atoms with Gasteiger partial charge in [0.25, 0.3) is 11.8 Å². The number of hydrogen-bond acceptors (Lipinski definition) is 7. The third-order valence-electron chi connectivity index (χ3n) is 7.46. The summed E-state index contributed by atoms with van der Waals surface area (Å²) in [6, 6.07) is 2.53. The summed E-state index contributed by atoms with van der Waals surface area (Å²) in [5, 5.41) is 16.7. The fraction of sp³-hybridized carbons (Fsp3) is 0.520. The van der Waals surface area contributed by atoms with Gasteiger partial charge >= 0.3 is 5.97 Å². The largest absolute Gasteiger partial charge is 0.481 e. The van der Waals surface area contributed by atoms with Crippen molar-refractivity contribution in [1.29, 1.82) is 0 Å². The highest BCUT2D eigenvalue weighted by molar-refractivity contribution is 6.21. The third kappa shape index (κ3) is 4.50. The Labute approximate surface area is 198 Å². The van der Waals surface area contributed by atoms with E-state index in [1.54, 1.807) is 18.3 Å². The number of imide groups is 1. The highest BCUT2D eigenvalue weighted by Crippen LogP contribution is 2.31. The number of carbonyl (C=O) groups is 3. The first-order valence-corrected chi connectivity index (χ1v) is 12.1. The van der Waals surface area contributed by atoms with Crippen LogP contribution in [0.4, 0.5) is 0 Å². The Bertz CT molecular complexity index is 999. The van der Waals surface area contributed by atoms with E-state index in [0.29, 0.717) is 24.6 Å². The lowest BCUT2D eigenvalue weighted by Gasteiger charge is -2.45. The van der Waals surface area contributed by atoms with Crippen molar-refractivity contribution in [2.45, 2.75) is 50.2 Å². The molecule has 2 atom stereocenters. The van der Waals surface area contributed by atoms with Crippen LogP contribution in [0.3, 0.4) is 0 Å². The number of carboxylic acids is 1. The number of aromatic nitrogens is 1. The van der Waals surface area contributed by atoms with Crippen molar-refractivity contribution >= 4 is 17.8 Å². The number of carboxylic acid groups (broad SMARTS) is 1. The number of aliphatic carboxylic acids is 1. The van der Waals surface area contributed by atoms with Crippen LogP contribution in [0.15, 0.2) is 47.9 Å². The number of amides is 2. The van der Waals surface area contributed by atoms with E-state index in [4.69, 9.17) is 0 Å². The summed E-state index contributed by atoms with van der Waals surface area (Å²) in [7, 11) is 0. The number of rotatable bonds is 7. The Morgan fingerprint density at radius 3 is 2.71 bits per heavy atom. The molecule has 0 aliphatic carbocycles. The number of β-lactam (4-membered cyclic amide) rings is 2. The Kier molecular flexibility index (Phi) is 6.47. The zero-order valence-corrected chi connectivity index (χ0v) is 19.2. The van der Waals surface area contributed by atoms with Crippen LogP contribution in [0.5, 0.6) is 0 Å². The van der Waals surface area contributed by atoms with Gasteiger partial charge in [-0.2, -0.15) is 0 Å². The highest BCUT2D eigenvalue weighted by atomic mass is 16.4. The lowest BCUT2D eigenvalue weighted by Crippen LogP contribution is -2.69. The van der Waals surface area contributed by atoms with Gasteiger partial charge in [-0.1, -0.05) is 12.1 Å².